The maximum absolute atomic E-state index is 13.7. The topological polar surface area (TPSA) is 83.9 Å². The van der Waals surface area contributed by atoms with E-state index in [1.165, 1.54) is 47.8 Å². The molecule has 0 aliphatic carbocycles. The molecular formula is C24H24ClNO5S. The zero-order valence-electron chi connectivity index (χ0n) is 17.7. The third-order valence-corrected chi connectivity index (χ3v) is 7.29. The van der Waals surface area contributed by atoms with E-state index in [1.807, 2.05) is 37.3 Å². The summed E-state index contributed by atoms with van der Waals surface area (Å²) in [5.74, 6) is -0.936. The lowest BCUT2D eigenvalue weighted by molar-refractivity contribution is 0.0693. The van der Waals surface area contributed by atoms with E-state index in [9.17, 15) is 18.3 Å². The van der Waals surface area contributed by atoms with Crippen molar-refractivity contribution in [3.05, 3.63) is 94.5 Å². The molecule has 3 rings (SSSR count). The quantitative estimate of drug-likeness (QED) is 0.450. The van der Waals surface area contributed by atoms with Crippen LogP contribution in [0.3, 0.4) is 0 Å². The molecule has 0 fully saturated rings. The van der Waals surface area contributed by atoms with Crippen molar-refractivity contribution in [2.24, 2.45) is 0 Å². The van der Waals surface area contributed by atoms with Crippen LogP contribution in [0.2, 0.25) is 5.02 Å². The molecule has 168 valence electrons. The predicted molar refractivity (Wildman–Crippen MR) is 124 cm³/mol. The number of hydrogen-bond acceptors (Lipinski definition) is 4. The van der Waals surface area contributed by atoms with Gasteiger partial charge in [0.25, 0.3) is 0 Å². The number of carbonyl (C=O) groups is 1. The van der Waals surface area contributed by atoms with Gasteiger partial charge in [-0.05, 0) is 53.9 Å². The van der Waals surface area contributed by atoms with E-state index in [4.69, 9.17) is 16.3 Å². The Hall–Kier alpha value is -2.87. The van der Waals surface area contributed by atoms with Crippen LogP contribution in [0, 0.1) is 0 Å². The maximum Gasteiger partial charge on any atom is 0.339 e. The summed E-state index contributed by atoms with van der Waals surface area (Å²) in [4.78, 5) is 11.8. The zero-order valence-corrected chi connectivity index (χ0v) is 19.3. The van der Waals surface area contributed by atoms with Gasteiger partial charge in [-0.2, -0.15) is 4.31 Å². The lowest BCUT2D eigenvalue weighted by atomic mass is 10.0. The van der Waals surface area contributed by atoms with Crippen LogP contribution in [-0.4, -0.2) is 30.9 Å². The fraction of sp³-hybridized carbons (Fsp3) is 0.208. The van der Waals surface area contributed by atoms with Crippen LogP contribution in [0.15, 0.2) is 77.7 Å². The molecule has 0 saturated carbocycles. The smallest absolute Gasteiger partial charge is 0.339 e. The molecule has 0 heterocycles. The summed E-state index contributed by atoms with van der Waals surface area (Å²) in [6.45, 7) is 1.90. The van der Waals surface area contributed by atoms with Gasteiger partial charge in [-0.15, -0.1) is 0 Å². The van der Waals surface area contributed by atoms with Crippen LogP contribution in [-0.2, 0) is 16.6 Å². The van der Waals surface area contributed by atoms with Crippen LogP contribution >= 0.6 is 11.6 Å². The Morgan fingerprint density at radius 2 is 1.72 bits per heavy atom. The minimum atomic E-state index is -3.93. The van der Waals surface area contributed by atoms with Crippen molar-refractivity contribution in [2.45, 2.75) is 30.8 Å². The van der Waals surface area contributed by atoms with Gasteiger partial charge >= 0.3 is 5.97 Å². The summed E-state index contributed by atoms with van der Waals surface area (Å²) in [5, 5.41) is 9.97. The first-order chi connectivity index (χ1) is 15.3. The Kier molecular flexibility index (Phi) is 7.56. The number of benzene rings is 3. The molecule has 0 bridgehead atoms. The lowest BCUT2D eigenvalue weighted by Crippen LogP contribution is -2.34. The monoisotopic (exact) mass is 473 g/mol. The van der Waals surface area contributed by atoms with Crippen molar-refractivity contribution in [3.8, 4) is 5.75 Å². The summed E-state index contributed by atoms with van der Waals surface area (Å²) < 4.78 is 33.9. The van der Waals surface area contributed by atoms with Gasteiger partial charge < -0.3 is 9.84 Å². The highest BCUT2D eigenvalue weighted by molar-refractivity contribution is 7.89. The zero-order chi connectivity index (χ0) is 23.3. The molecule has 1 N–H and O–H groups in total. The molecular weight excluding hydrogens is 450 g/mol. The van der Waals surface area contributed by atoms with Gasteiger partial charge in [-0.25, -0.2) is 13.2 Å². The van der Waals surface area contributed by atoms with Crippen molar-refractivity contribution in [1.82, 2.24) is 4.31 Å². The molecule has 0 spiro atoms. The second-order valence-corrected chi connectivity index (χ2v) is 9.51. The normalized spacial score (nSPS) is 12.5. The van der Waals surface area contributed by atoms with Crippen molar-refractivity contribution >= 4 is 27.6 Å². The number of methoxy groups -OCH3 is 1. The van der Waals surface area contributed by atoms with Crippen molar-refractivity contribution in [2.75, 3.05) is 7.11 Å². The fourth-order valence-corrected chi connectivity index (χ4v) is 5.39. The SMILES string of the molecule is CC[C@@H](c1ccccc1)N(Cc1ccc(OC)c(C(=O)O)c1)S(=O)(=O)c1ccc(Cl)cc1. The van der Waals surface area contributed by atoms with Gasteiger partial charge in [-0.1, -0.05) is 54.9 Å². The molecule has 0 saturated heterocycles. The molecule has 0 aromatic heterocycles. The van der Waals surface area contributed by atoms with Crippen LogP contribution in [0.5, 0.6) is 5.75 Å². The van der Waals surface area contributed by atoms with Gasteiger partial charge in [0.2, 0.25) is 10.0 Å². The summed E-state index contributed by atoms with van der Waals surface area (Å²) in [6, 6.07) is 19.6. The average molecular weight is 474 g/mol. The Morgan fingerprint density at radius 1 is 1.06 bits per heavy atom. The van der Waals surface area contributed by atoms with Crippen molar-refractivity contribution < 1.29 is 23.1 Å². The molecule has 0 radical (unpaired) electrons. The molecule has 0 aliphatic rings. The van der Waals surface area contributed by atoms with E-state index in [-0.39, 0.29) is 22.8 Å². The van der Waals surface area contributed by atoms with E-state index in [1.54, 1.807) is 6.07 Å². The van der Waals surface area contributed by atoms with E-state index in [0.29, 0.717) is 17.0 Å². The van der Waals surface area contributed by atoms with Gasteiger partial charge in [0.1, 0.15) is 11.3 Å². The first-order valence-corrected chi connectivity index (χ1v) is 11.8. The van der Waals surface area contributed by atoms with Crippen molar-refractivity contribution in [3.63, 3.8) is 0 Å². The molecule has 32 heavy (non-hydrogen) atoms. The molecule has 0 aliphatic heterocycles. The minimum Gasteiger partial charge on any atom is -0.496 e. The number of carboxylic acid groups (broad SMARTS) is 1. The van der Waals surface area contributed by atoms with Gasteiger partial charge in [0.05, 0.1) is 18.0 Å². The Morgan fingerprint density at radius 3 is 2.28 bits per heavy atom. The Labute approximate surface area is 193 Å². The average Bonchev–Trinajstić information content (AvgIpc) is 2.79. The lowest BCUT2D eigenvalue weighted by Gasteiger charge is -2.31. The van der Waals surface area contributed by atoms with E-state index < -0.39 is 22.0 Å². The summed E-state index contributed by atoms with van der Waals surface area (Å²) in [6.07, 6.45) is 0.527. The fourth-order valence-electron chi connectivity index (χ4n) is 3.59. The Bertz CT molecular complexity index is 1180. The van der Waals surface area contributed by atoms with Crippen molar-refractivity contribution in [1.29, 1.82) is 0 Å². The number of sulfonamides is 1. The molecule has 3 aromatic rings. The highest BCUT2D eigenvalue weighted by Crippen LogP contribution is 2.33. The molecule has 0 unspecified atom stereocenters. The third-order valence-electron chi connectivity index (χ3n) is 5.17. The Balaban J connectivity index is 2.11. The molecule has 8 heteroatoms. The number of aromatic carboxylic acids is 1. The van der Waals surface area contributed by atoms with Crippen LogP contribution < -0.4 is 4.74 Å². The second kappa shape index (κ2) is 10.2. The van der Waals surface area contributed by atoms with Gasteiger partial charge in [0, 0.05) is 11.6 Å². The predicted octanol–water partition coefficient (Wildman–Crippen LogP) is 5.39. The van der Waals surface area contributed by atoms with E-state index >= 15 is 0 Å². The second-order valence-electron chi connectivity index (χ2n) is 7.18. The summed E-state index contributed by atoms with van der Waals surface area (Å²) in [7, 11) is -2.54. The first kappa shape index (κ1) is 23.8. The van der Waals surface area contributed by atoms with E-state index in [0.717, 1.165) is 5.56 Å². The highest BCUT2D eigenvalue weighted by Gasteiger charge is 2.32. The summed E-state index contributed by atoms with van der Waals surface area (Å²) >= 11 is 5.96. The maximum atomic E-state index is 13.7. The van der Waals surface area contributed by atoms with Gasteiger partial charge in [-0.3, -0.25) is 0 Å². The first-order valence-electron chi connectivity index (χ1n) is 10.0. The largest absolute Gasteiger partial charge is 0.496 e. The number of carboxylic acids is 1. The highest BCUT2D eigenvalue weighted by atomic mass is 35.5. The molecule has 3 aromatic carbocycles. The third kappa shape index (κ3) is 5.12. The van der Waals surface area contributed by atoms with Gasteiger partial charge in [0.15, 0.2) is 0 Å². The molecule has 1 atom stereocenters. The van der Waals surface area contributed by atoms with Crippen LogP contribution in [0.4, 0.5) is 0 Å². The van der Waals surface area contributed by atoms with Crippen LogP contribution in [0.25, 0.3) is 0 Å². The summed E-state index contributed by atoms with van der Waals surface area (Å²) in [5.41, 5.74) is 1.36. The number of ether oxygens (including phenoxy) is 1. The number of hydrogen-bond donors (Lipinski definition) is 1. The van der Waals surface area contributed by atoms with E-state index in [2.05, 4.69) is 0 Å². The molecule has 6 nitrogen and oxygen atoms in total. The van der Waals surface area contributed by atoms with Crippen LogP contribution in [0.1, 0.15) is 40.9 Å². The number of nitrogens with zero attached hydrogens (tertiary/aromatic N) is 1. The standard InChI is InChI=1S/C24H24ClNO5S/c1-3-22(18-7-5-4-6-8-18)26(32(29,30)20-12-10-19(25)11-13-20)16-17-9-14-23(31-2)21(15-17)24(27)28/h4-15,22H,3,16H2,1-2H3,(H,27,28)/t22-/m0/s1. The minimum absolute atomic E-state index is 0.0113. The number of rotatable bonds is 9. The number of halogens is 1. The molecule has 0 amide bonds.